The van der Waals surface area contributed by atoms with Crippen molar-refractivity contribution in [2.75, 3.05) is 0 Å². The van der Waals surface area contributed by atoms with Crippen molar-refractivity contribution in [2.24, 2.45) is 0 Å². The minimum Gasteiger partial charge on any atom is -0.223 e. The summed E-state index contributed by atoms with van der Waals surface area (Å²) in [5.41, 5.74) is 2.58. The van der Waals surface area contributed by atoms with Crippen LogP contribution >= 0.6 is 23.1 Å². The fraction of sp³-hybridized carbons (Fsp3) is 0. The van der Waals surface area contributed by atoms with Crippen LogP contribution in [0.2, 0.25) is 5.02 Å². The summed E-state index contributed by atoms with van der Waals surface area (Å²) in [5.74, 6) is 0.700. The van der Waals surface area contributed by atoms with Crippen molar-refractivity contribution in [1.82, 2.24) is 9.36 Å². The van der Waals surface area contributed by atoms with Gasteiger partial charge in [-0.25, -0.2) is 4.98 Å². The maximum absolute atomic E-state index is 5.94. The Balaban J connectivity index is 2.55. The first-order valence-electron chi connectivity index (χ1n) is 3.39. The lowest BCUT2D eigenvalue weighted by Gasteiger charge is -1.96. The molecule has 2 nitrogen and oxygen atoms in total. The number of hydrogen-bond acceptors (Lipinski definition) is 3. The zero-order chi connectivity index (χ0) is 8.39. The summed E-state index contributed by atoms with van der Waals surface area (Å²) in [4.78, 5) is 4.07. The van der Waals surface area contributed by atoms with E-state index in [1.165, 1.54) is 11.5 Å². The first-order valence-corrected chi connectivity index (χ1v) is 4.60. The van der Waals surface area contributed by atoms with Crippen molar-refractivity contribution in [2.45, 2.75) is 0 Å². The third-order valence-electron chi connectivity index (χ3n) is 1.48. The van der Waals surface area contributed by atoms with Gasteiger partial charge in [0.1, 0.15) is 5.51 Å². The van der Waals surface area contributed by atoms with E-state index in [4.69, 9.17) is 11.6 Å². The van der Waals surface area contributed by atoms with Gasteiger partial charge in [-0.3, -0.25) is 0 Å². The van der Waals surface area contributed by atoms with Crippen molar-refractivity contribution in [1.29, 1.82) is 0 Å². The molecule has 0 amide bonds. The van der Waals surface area contributed by atoms with Gasteiger partial charge in [0.15, 0.2) is 5.82 Å². The molecule has 0 N–H and O–H groups in total. The summed E-state index contributed by atoms with van der Waals surface area (Å²) in [6.07, 6.45) is 0. The van der Waals surface area contributed by atoms with Crippen molar-refractivity contribution in [3.8, 4) is 11.4 Å². The minimum absolute atomic E-state index is 0.691. The Bertz CT molecular complexity index is 372. The first-order chi connectivity index (χ1) is 5.88. The summed E-state index contributed by atoms with van der Waals surface area (Å²) >= 11 is 7.26. The molecule has 0 unspecified atom stereocenters. The van der Waals surface area contributed by atoms with Gasteiger partial charge in [0.25, 0.3) is 0 Å². The van der Waals surface area contributed by atoms with E-state index in [0.717, 1.165) is 5.56 Å². The third-order valence-corrected chi connectivity index (χ3v) is 2.28. The molecule has 0 fully saturated rings. The van der Waals surface area contributed by atoms with Crippen LogP contribution in [-0.2, 0) is 0 Å². The summed E-state index contributed by atoms with van der Waals surface area (Å²) < 4.78 is 4.09. The molecular weight excluding hydrogens is 192 g/mol. The Kier molecular flexibility index (Phi) is 2.06. The summed E-state index contributed by atoms with van der Waals surface area (Å²) in [7, 11) is 0. The molecule has 0 radical (unpaired) electrons. The van der Waals surface area contributed by atoms with Gasteiger partial charge in [0, 0.05) is 5.56 Å². The molecule has 0 atom stereocenters. The quantitative estimate of drug-likeness (QED) is 0.701. The fourth-order valence-corrected chi connectivity index (χ4v) is 1.59. The fourth-order valence-electron chi connectivity index (χ4n) is 0.932. The number of hydrogen-bond donors (Lipinski definition) is 0. The van der Waals surface area contributed by atoms with Gasteiger partial charge in [-0.05, 0) is 23.7 Å². The van der Waals surface area contributed by atoms with Gasteiger partial charge in [-0.1, -0.05) is 23.7 Å². The molecular formula is C8H5ClN2S. The zero-order valence-electron chi connectivity index (χ0n) is 6.07. The van der Waals surface area contributed by atoms with Crippen molar-refractivity contribution in [3.05, 3.63) is 34.8 Å². The van der Waals surface area contributed by atoms with E-state index in [0.29, 0.717) is 10.8 Å². The van der Waals surface area contributed by atoms with Gasteiger partial charge in [0.2, 0.25) is 0 Å². The topological polar surface area (TPSA) is 25.8 Å². The van der Waals surface area contributed by atoms with Crippen molar-refractivity contribution in [3.63, 3.8) is 0 Å². The SMILES string of the molecule is Clc1ccccc1-c1ncsn1. The van der Waals surface area contributed by atoms with E-state index in [9.17, 15) is 0 Å². The molecule has 0 spiro atoms. The Morgan fingerprint density at radius 2 is 2.08 bits per heavy atom. The largest absolute Gasteiger partial charge is 0.223 e. The number of nitrogens with zero attached hydrogens (tertiary/aromatic N) is 2. The Hall–Kier alpha value is -0.930. The molecule has 1 aromatic heterocycles. The molecule has 0 aliphatic heterocycles. The van der Waals surface area contributed by atoms with Gasteiger partial charge >= 0.3 is 0 Å². The molecule has 60 valence electrons. The van der Waals surface area contributed by atoms with Crippen LogP contribution in [0, 0.1) is 0 Å². The molecule has 0 aliphatic rings. The second-order valence-corrected chi connectivity index (χ2v) is 3.25. The second kappa shape index (κ2) is 3.21. The maximum atomic E-state index is 5.94. The molecule has 1 heterocycles. The van der Waals surface area contributed by atoms with Gasteiger partial charge in [0.05, 0.1) is 5.02 Å². The smallest absolute Gasteiger partial charge is 0.174 e. The van der Waals surface area contributed by atoms with E-state index < -0.39 is 0 Å². The van der Waals surface area contributed by atoms with E-state index in [1.54, 1.807) is 5.51 Å². The highest BCUT2D eigenvalue weighted by Gasteiger charge is 2.04. The Morgan fingerprint density at radius 3 is 2.75 bits per heavy atom. The highest BCUT2D eigenvalue weighted by molar-refractivity contribution is 7.03. The summed E-state index contributed by atoms with van der Waals surface area (Å²) in [5, 5.41) is 0.691. The van der Waals surface area contributed by atoms with Crippen LogP contribution < -0.4 is 0 Å². The average molecular weight is 197 g/mol. The van der Waals surface area contributed by atoms with Crippen molar-refractivity contribution >= 4 is 23.1 Å². The Labute approximate surface area is 79.0 Å². The first kappa shape index (κ1) is 7.71. The number of aromatic nitrogens is 2. The molecule has 0 bridgehead atoms. The number of benzene rings is 1. The maximum Gasteiger partial charge on any atom is 0.174 e. The lowest BCUT2D eigenvalue weighted by Crippen LogP contribution is -1.79. The molecule has 0 saturated heterocycles. The van der Waals surface area contributed by atoms with Crippen LogP contribution in [-0.4, -0.2) is 9.36 Å². The van der Waals surface area contributed by atoms with Crippen LogP contribution in [0.3, 0.4) is 0 Å². The Morgan fingerprint density at radius 1 is 1.25 bits per heavy atom. The molecule has 0 aliphatic carbocycles. The van der Waals surface area contributed by atoms with E-state index in [-0.39, 0.29) is 0 Å². The molecule has 0 saturated carbocycles. The van der Waals surface area contributed by atoms with E-state index in [2.05, 4.69) is 9.36 Å². The predicted octanol–water partition coefficient (Wildman–Crippen LogP) is 2.86. The number of rotatable bonds is 1. The predicted molar refractivity (Wildman–Crippen MR) is 50.4 cm³/mol. The van der Waals surface area contributed by atoms with Crippen LogP contribution in [0.4, 0.5) is 0 Å². The second-order valence-electron chi connectivity index (χ2n) is 2.23. The van der Waals surface area contributed by atoms with Gasteiger partial charge in [-0.15, -0.1) is 0 Å². The average Bonchev–Trinajstić information content (AvgIpc) is 2.57. The summed E-state index contributed by atoms with van der Waals surface area (Å²) in [6, 6.07) is 7.54. The molecule has 2 rings (SSSR count). The van der Waals surface area contributed by atoms with E-state index in [1.807, 2.05) is 24.3 Å². The normalized spacial score (nSPS) is 10.1. The van der Waals surface area contributed by atoms with Crippen molar-refractivity contribution < 1.29 is 0 Å². The molecule has 12 heavy (non-hydrogen) atoms. The summed E-state index contributed by atoms with van der Waals surface area (Å²) in [6.45, 7) is 0. The lowest BCUT2D eigenvalue weighted by atomic mass is 10.2. The van der Waals surface area contributed by atoms with Gasteiger partial charge < -0.3 is 0 Å². The standard InChI is InChI=1S/C8H5ClN2S/c9-7-4-2-1-3-6(7)8-10-5-12-11-8/h1-5H. The van der Waals surface area contributed by atoms with Gasteiger partial charge in [-0.2, -0.15) is 4.37 Å². The molecule has 1 aromatic carbocycles. The van der Waals surface area contributed by atoms with E-state index >= 15 is 0 Å². The van der Waals surface area contributed by atoms with Crippen LogP contribution in [0.1, 0.15) is 0 Å². The highest BCUT2D eigenvalue weighted by Crippen LogP contribution is 2.24. The monoisotopic (exact) mass is 196 g/mol. The molecule has 2 aromatic rings. The van der Waals surface area contributed by atoms with Crippen LogP contribution in [0.25, 0.3) is 11.4 Å². The minimum atomic E-state index is 0.691. The number of halogens is 1. The zero-order valence-corrected chi connectivity index (χ0v) is 7.64. The lowest BCUT2D eigenvalue weighted by molar-refractivity contribution is 1.33. The third kappa shape index (κ3) is 1.33. The van der Waals surface area contributed by atoms with Crippen LogP contribution in [0.15, 0.2) is 29.8 Å². The highest BCUT2D eigenvalue weighted by atomic mass is 35.5. The molecule has 4 heteroatoms. The van der Waals surface area contributed by atoms with Crippen LogP contribution in [0.5, 0.6) is 0 Å².